The zero-order chi connectivity index (χ0) is 18.8. The summed E-state index contributed by atoms with van der Waals surface area (Å²) in [6, 6.07) is 0. The average Bonchev–Trinajstić information content (AvgIpc) is 2.66. The number of rotatable bonds is 5. The Morgan fingerprint density at radius 3 is 2.38 bits per heavy atom. The summed E-state index contributed by atoms with van der Waals surface area (Å²) in [7, 11) is -4.00. The van der Waals surface area contributed by atoms with Gasteiger partial charge in [-0.1, -0.05) is 0 Å². The SMILES string of the molecule is CC(C)(C)OC(=O)N1CCC(CC(=O)OS(C)(=O)=O)(C[N+](=O)[O-])C1. The van der Waals surface area contributed by atoms with E-state index >= 15 is 0 Å². The molecule has 0 aromatic rings. The van der Waals surface area contributed by atoms with Gasteiger partial charge >= 0.3 is 22.2 Å². The molecule has 1 atom stereocenters. The van der Waals surface area contributed by atoms with Crippen LogP contribution in [0, 0.1) is 15.5 Å². The quantitative estimate of drug-likeness (QED) is 0.396. The predicted octanol–water partition coefficient (Wildman–Crippen LogP) is 0.783. The van der Waals surface area contributed by atoms with E-state index in [1.54, 1.807) is 20.8 Å². The molecule has 0 N–H and O–H groups in total. The molecule has 1 saturated heterocycles. The molecule has 0 spiro atoms. The highest BCUT2D eigenvalue weighted by atomic mass is 32.2. The number of hydrogen-bond acceptors (Lipinski definition) is 8. The summed E-state index contributed by atoms with van der Waals surface area (Å²) in [5.41, 5.74) is -1.90. The zero-order valence-electron chi connectivity index (χ0n) is 14.1. The van der Waals surface area contributed by atoms with Gasteiger partial charge in [0.2, 0.25) is 6.54 Å². The Morgan fingerprint density at radius 1 is 1.33 bits per heavy atom. The second-order valence-corrected chi connectivity index (χ2v) is 8.55. The average molecular weight is 366 g/mol. The van der Waals surface area contributed by atoms with Gasteiger partial charge in [0.15, 0.2) is 0 Å². The fraction of sp³-hybridized carbons (Fsp3) is 0.846. The van der Waals surface area contributed by atoms with Crippen LogP contribution in [0.5, 0.6) is 0 Å². The van der Waals surface area contributed by atoms with Crippen molar-refractivity contribution in [3.05, 3.63) is 10.1 Å². The molecule has 0 bridgehead atoms. The van der Waals surface area contributed by atoms with Crippen molar-refractivity contribution in [1.29, 1.82) is 0 Å². The van der Waals surface area contributed by atoms with Crippen molar-refractivity contribution in [2.45, 2.75) is 39.2 Å². The Hall–Kier alpha value is -1.91. The van der Waals surface area contributed by atoms with Crippen molar-refractivity contribution in [2.24, 2.45) is 5.41 Å². The maximum atomic E-state index is 12.1. The van der Waals surface area contributed by atoms with Gasteiger partial charge in [-0.15, -0.1) is 0 Å². The topological polar surface area (TPSA) is 133 Å². The molecular weight excluding hydrogens is 344 g/mol. The van der Waals surface area contributed by atoms with E-state index in [4.69, 9.17) is 4.74 Å². The molecule has 1 unspecified atom stereocenters. The molecule has 1 amide bonds. The Labute approximate surface area is 140 Å². The number of amides is 1. The summed E-state index contributed by atoms with van der Waals surface area (Å²) in [5, 5.41) is 10.9. The summed E-state index contributed by atoms with van der Waals surface area (Å²) < 4.78 is 31.5. The van der Waals surface area contributed by atoms with E-state index in [1.165, 1.54) is 4.90 Å². The predicted molar refractivity (Wildman–Crippen MR) is 82.3 cm³/mol. The van der Waals surface area contributed by atoms with Crippen molar-refractivity contribution >= 4 is 22.2 Å². The number of nitro groups is 1. The Balaban J connectivity index is 2.86. The second kappa shape index (κ2) is 6.91. The fourth-order valence-corrected chi connectivity index (χ4v) is 2.92. The van der Waals surface area contributed by atoms with Crippen LogP contribution >= 0.6 is 0 Å². The van der Waals surface area contributed by atoms with E-state index in [1.807, 2.05) is 0 Å². The van der Waals surface area contributed by atoms with Crippen LogP contribution in [0.1, 0.15) is 33.6 Å². The Bertz CT molecular complexity index is 624. The summed E-state index contributed by atoms with van der Waals surface area (Å²) >= 11 is 0. The van der Waals surface area contributed by atoms with Crippen LogP contribution in [0.3, 0.4) is 0 Å². The number of carbonyl (C=O) groups excluding carboxylic acids is 2. The maximum absolute atomic E-state index is 12.1. The highest BCUT2D eigenvalue weighted by Gasteiger charge is 2.47. The first-order chi connectivity index (χ1) is 10.7. The van der Waals surface area contributed by atoms with Crippen LogP contribution in [0.4, 0.5) is 4.79 Å². The van der Waals surface area contributed by atoms with Crippen LogP contribution in [0.15, 0.2) is 0 Å². The Morgan fingerprint density at radius 2 is 1.92 bits per heavy atom. The van der Waals surface area contributed by atoms with Gasteiger partial charge in [0.05, 0.1) is 18.1 Å². The van der Waals surface area contributed by atoms with Gasteiger partial charge in [-0.3, -0.25) is 14.9 Å². The third-order valence-corrected chi connectivity index (χ3v) is 3.81. The lowest BCUT2D eigenvalue weighted by Crippen LogP contribution is -2.40. The lowest BCUT2D eigenvalue weighted by molar-refractivity contribution is -0.496. The molecule has 11 heteroatoms. The normalized spacial score (nSPS) is 21.4. The minimum atomic E-state index is -4.00. The third kappa shape index (κ3) is 6.69. The van der Waals surface area contributed by atoms with Crippen LogP contribution in [-0.4, -0.2) is 61.8 Å². The first kappa shape index (κ1) is 20.1. The number of likely N-dealkylation sites (tertiary alicyclic amines) is 1. The van der Waals surface area contributed by atoms with Gasteiger partial charge in [0.25, 0.3) is 0 Å². The van der Waals surface area contributed by atoms with Crippen LogP contribution < -0.4 is 0 Å². The fourth-order valence-electron chi connectivity index (χ4n) is 2.53. The summed E-state index contributed by atoms with van der Waals surface area (Å²) in [5.74, 6) is -1.08. The van der Waals surface area contributed by atoms with E-state index in [2.05, 4.69) is 4.18 Å². The number of nitrogens with zero attached hydrogens (tertiary/aromatic N) is 2. The second-order valence-electron chi connectivity index (χ2n) is 6.98. The largest absolute Gasteiger partial charge is 0.444 e. The molecule has 10 nitrogen and oxygen atoms in total. The van der Waals surface area contributed by atoms with E-state index < -0.39 is 51.1 Å². The molecule has 0 aliphatic carbocycles. The smallest absolute Gasteiger partial charge is 0.410 e. The van der Waals surface area contributed by atoms with Gasteiger partial charge in [-0.2, -0.15) is 8.42 Å². The first-order valence-electron chi connectivity index (χ1n) is 7.23. The highest BCUT2D eigenvalue weighted by molar-refractivity contribution is 7.86. The standard InChI is InChI=1S/C13H22N2O8S/c1-12(2,3)22-11(17)14-6-5-13(8-14,9-15(18)19)7-10(16)23-24(4,20)21/h5-9H2,1-4H3. The van der Waals surface area contributed by atoms with Crippen LogP contribution in [0.25, 0.3) is 0 Å². The van der Waals surface area contributed by atoms with Crippen LogP contribution in [-0.2, 0) is 23.8 Å². The number of ether oxygens (including phenoxy) is 1. The lowest BCUT2D eigenvalue weighted by Gasteiger charge is -2.26. The molecule has 1 aliphatic rings. The van der Waals surface area contributed by atoms with E-state index in [0.717, 1.165) is 0 Å². The Kier molecular flexibility index (Phi) is 5.80. The van der Waals surface area contributed by atoms with E-state index in [9.17, 15) is 28.1 Å². The first-order valence-corrected chi connectivity index (χ1v) is 9.05. The molecule has 1 fully saturated rings. The van der Waals surface area contributed by atoms with Crippen molar-refractivity contribution in [3.63, 3.8) is 0 Å². The molecule has 1 aliphatic heterocycles. The molecule has 0 aromatic carbocycles. The molecular formula is C13H22N2O8S. The number of carbonyl (C=O) groups is 2. The van der Waals surface area contributed by atoms with Crippen molar-refractivity contribution in [3.8, 4) is 0 Å². The molecule has 0 saturated carbocycles. The minimum absolute atomic E-state index is 0.0816. The molecule has 0 radical (unpaired) electrons. The van der Waals surface area contributed by atoms with Crippen molar-refractivity contribution in [1.82, 2.24) is 4.90 Å². The molecule has 1 rings (SSSR count). The zero-order valence-corrected chi connectivity index (χ0v) is 14.9. The monoisotopic (exact) mass is 366 g/mol. The lowest BCUT2D eigenvalue weighted by atomic mass is 9.83. The van der Waals surface area contributed by atoms with Gasteiger partial charge < -0.3 is 13.8 Å². The van der Waals surface area contributed by atoms with Gasteiger partial charge in [0, 0.05) is 18.0 Å². The van der Waals surface area contributed by atoms with E-state index in [0.29, 0.717) is 6.26 Å². The molecule has 24 heavy (non-hydrogen) atoms. The maximum Gasteiger partial charge on any atom is 0.410 e. The summed E-state index contributed by atoms with van der Waals surface area (Å²) in [6.45, 7) is 4.58. The minimum Gasteiger partial charge on any atom is -0.444 e. The third-order valence-electron chi connectivity index (χ3n) is 3.32. The van der Waals surface area contributed by atoms with Gasteiger partial charge in [0.1, 0.15) is 5.60 Å². The van der Waals surface area contributed by atoms with Gasteiger partial charge in [-0.05, 0) is 27.2 Å². The highest BCUT2D eigenvalue weighted by Crippen LogP contribution is 2.35. The van der Waals surface area contributed by atoms with Crippen molar-refractivity contribution < 1.29 is 31.9 Å². The summed E-state index contributed by atoms with van der Waals surface area (Å²) in [4.78, 5) is 35.4. The molecule has 0 aromatic heterocycles. The molecule has 1 heterocycles. The van der Waals surface area contributed by atoms with E-state index in [-0.39, 0.29) is 19.5 Å². The number of hydrogen-bond donors (Lipinski definition) is 0. The van der Waals surface area contributed by atoms with Crippen molar-refractivity contribution in [2.75, 3.05) is 25.9 Å². The van der Waals surface area contributed by atoms with Gasteiger partial charge in [-0.25, -0.2) is 4.79 Å². The molecule has 138 valence electrons. The van der Waals surface area contributed by atoms with Crippen LogP contribution in [0.2, 0.25) is 0 Å². The summed E-state index contributed by atoms with van der Waals surface area (Å²) in [6.07, 6.45) is -0.219.